The molecule has 0 amide bonds. The molecule has 0 aliphatic rings. The molecule has 9 aromatic carbocycles. The molecule has 0 spiro atoms. The maximum absolute atomic E-state index is 6.93. The van der Waals surface area contributed by atoms with Crippen molar-refractivity contribution < 1.29 is 8.83 Å². The zero-order valence-corrected chi connectivity index (χ0v) is 28.7. The van der Waals surface area contributed by atoms with Crippen molar-refractivity contribution in [1.29, 1.82) is 0 Å². The van der Waals surface area contributed by atoms with Gasteiger partial charge in [-0.25, -0.2) is 0 Å². The van der Waals surface area contributed by atoms with Gasteiger partial charge in [-0.1, -0.05) is 146 Å². The average Bonchev–Trinajstić information content (AvgIpc) is 3.80. The molecule has 0 saturated heterocycles. The second-order valence-electron chi connectivity index (χ2n) is 13.7. The molecular weight excluding hydrogens is 647 g/mol. The topological polar surface area (TPSA) is 29.5 Å². The van der Waals surface area contributed by atoms with Crippen LogP contribution in [0.25, 0.3) is 87.7 Å². The van der Waals surface area contributed by atoms with Crippen LogP contribution in [0.1, 0.15) is 0 Å². The van der Waals surface area contributed by atoms with Crippen LogP contribution in [0.3, 0.4) is 0 Å². The van der Waals surface area contributed by atoms with Crippen LogP contribution in [0.4, 0.5) is 17.1 Å². The lowest BCUT2D eigenvalue weighted by Gasteiger charge is -2.27. The largest absolute Gasteiger partial charge is 0.454 e. The first-order chi connectivity index (χ1) is 26.3. The fourth-order valence-electron chi connectivity index (χ4n) is 8.15. The minimum Gasteiger partial charge on any atom is -0.454 e. The first-order valence-electron chi connectivity index (χ1n) is 18.0. The summed E-state index contributed by atoms with van der Waals surface area (Å²) in [6.07, 6.45) is 0. The van der Waals surface area contributed by atoms with Gasteiger partial charge in [-0.15, -0.1) is 0 Å². The van der Waals surface area contributed by atoms with Gasteiger partial charge in [-0.05, 0) is 80.9 Å². The van der Waals surface area contributed by atoms with Crippen molar-refractivity contribution >= 4 is 82.5 Å². The molecule has 0 radical (unpaired) electrons. The highest BCUT2D eigenvalue weighted by molar-refractivity contribution is 6.19. The summed E-state index contributed by atoms with van der Waals surface area (Å²) < 4.78 is 13.8. The van der Waals surface area contributed by atoms with Gasteiger partial charge in [0.1, 0.15) is 11.2 Å². The van der Waals surface area contributed by atoms with Gasteiger partial charge in [0.25, 0.3) is 0 Å². The predicted octanol–water partition coefficient (Wildman–Crippen LogP) is 14.6. The monoisotopic (exact) mass is 677 g/mol. The van der Waals surface area contributed by atoms with Crippen LogP contribution >= 0.6 is 0 Å². The Morgan fingerprint density at radius 1 is 0.283 bits per heavy atom. The number of rotatable bonds is 5. The van der Waals surface area contributed by atoms with E-state index >= 15 is 0 Å². The van der Waals surface area contributed by atoms with Gasteiger partial charge >= 0.3 is 0 Å². The summed E-state index contributed by atoms with van der Waals surface area (Å²) in [5, 5.41) is 9.02. The van der Waals surface area contributed by atoms with E-state index in [4.69, 9.17) is 8.83 Å². The SMILES string of the molecule is c1ccc(-c2ccc3c(c2)oc2c(N(c4cc5ccccc5c5ccccc45)c4cccc5c4oc4ccc(-c6ccccc6)cc45)cccc23)cc1. The van der Waals surface area contributed by atoms with Gasteiger partial charge in [0.2, 0.25) is 0 Å². The molecule has 248 valence electrons. The predicted molar refractivity (Wildman–Crippen MR) is 222 cm³/mol. The molecule has 0 fully saturated rings. The molecule has 0 atom stereocenters. The fourth-order valence-corrected chi connectivity index (χ4v) is 8.15. The van der Waals surface area contributed by atoms with Crippen molar-refractivity contribution in [1.82, 2.24) is 0 Å². The highest BCUT2D eigenvalue weighted by Crippen LogP contribution is 2.49. The molecule has 0 saturated carbocycles. The summed E-state index contributed by atoms with van der Waals surface area (Å²) in [5.41, 5.74) is 10.9. The van der Waals surface area contributed by atoms with E-state index in [0.29, 0.717) is 0 Å². The Labute approximate surface area is 305 Å². The number of para-hydroxylation sites is 2. The third kappa shape index (κ3) is 4.68. The first kappa shape index (κ1) is 29.6. The Morgan fingerprint density at radius 3 is 1.55 bits per heavy atom. The van der Waals surface area contributed by atoms with E-state index < -0.39 is 0 Å². The minimum atomic E-state index is 0.824. The molecule has 3 nitrogen and oxygen atoms in total. The van der Waals surface area contributed by atoms with E-state index in [0.717, 1.165) is 83.0 Å². The third-order valence-electron chi connectivity index (χ3n) is 10.6. The molecule has 2 heterocycles. The number of hydrogen-bond acceptors (Lipinski definition) is 3. The van der Waals surface area contributed by atoms with Gasteiger partial charge in [0.05, 0.1) is 17.1 Å². The maximum Gasteiger partial charge on any atom is 0.159 e. The Balaban J connectivity index is 1.21. The van der Waals surface area contributed by atoms with Crippen LogP contribution in [-0.2, 0) is 0 Å². The Hall–Kier alpha value is -7.10. The summed E-state index contributed by atoms with van der Waals surface area (Å²) >= 11 is 0. The number of anilines is 3. The summed E-state index contributed by atoms with van der Waals surface area (Å²) in [5.74, 6) is 0. The molecule has 53 heavy (non-hydrogen) atoms. The molecule has 3 heteroatoms. The third-order valence-corrected chi connectivity index (χ3v) is 10.6. The maximum atomic E-state index is 6.93. The zero-order valence-electron chi connectivity index (χ0n) is 28.7. The van der Waals surface area contributed by atoms with E-state index in [-0.39, 0.29) is 0 Å². The lowest BCUT2D eigenvalue weighted by Crippen LogP contribution is -2.11. The number of nitrogens with zero attached hydrogens (tertiary/aromatic N) is 1. The zero-order chi connectivity index (χ0) is 34.9. The Kier molecular flexibility index (Phi) is 6.55. The summed E-state index contributed by atoms with van der Waals surface area (Å²) in [6.45, 7) is 0. The highest BCUT2D eigenvalue weighted by Gasteiger charge is 2.25. The quantitative estimate of drug-likeness (QED) is 0.170. The number of hydrogen-bond donors (Lipinski definition) is 0. The van der Waals surface area contributed by atoms with Crippen molar-refractivity contribution in [2.45, 2.75) is 0 Å². The number of fused-ring (bicyclic) bond motifs is 9. The second kappa shape index (κ2) is 11.7. The van der Waals surface area contributed by atoms with Gasteiger partial charge in [-0.2, -0.15) is 0 Å². The summed E-state index contributed by atoms with van der Waals surface area (Å²) in [7, 11) is 0. The van der Waals surface area contributed by atoms with E-state index in [1.54, 1.807) is 0 Å². The second-order valence-corrected chi connectivity index (χ2v) is 13.7. The van der Waals surface area contributed by atoms with Gasteiger partial charge < -0.3 is 13.7 Å². The van der Waals surface area contributed by atoms with E-state index in [1.165, 1.54) is 21.7 Å². The van der Waals surface area contributed by atoms with Crippen LogP contribution in [0, 0.1) is 0 Å². The van der Waals surface area contributed by atoms with E-state index in [2.05, 4.69) is 187 Å². The fraction of sp³-hybridized carbons (Fsp3) is 0. The summed E-state index contributed by atoms with van der Waals surface area (Å²) in [6, 6.07) is 66.6. The molecule has 0 unspecified atom stereocenters. The smallest absolute Gasteiger partial charge is 0.159 e. The molecule has 11 aromatic rings. The highest BCUT2D eigenvalue weighted by atomic mass is 16.3. The molecule has 0 aliphatic carbocycles. The number of furan rings is 2. The van der Waals surface area contributed by atoms with E-state index in [1.807, 2.05) is 6.07 Å². The van der Waals surface area contributed by atoms with Crippen LogP contribution in [0.2, 0.25) is 0 Å². The molecule has 2 aromatic heterocycles. The van der Waals surface area contributed by atoms with Crippen molar-refractivity contribution in [2.75, 3.05) is 4.90 Å². The standard InChI is InChI=1S/C50H31NO2/c1-3-13-32(14-4-1)34-26-28-47-43(29-34)42-22-12-24-45(50(42)52-47)51(46-30-36-17-7-8-18-37(36)38-19-9-10-20-39(38)46)44-23-11-21-41-40-27-25-35(31-48(40)53-49(41)44)33-15-5-2-6-16-33/h1-31H. The van der Waals surface area contributed by atoms with Crippen LogP contribution in [0.15, 0.2) is 197 Å². The van der Waals surface area contributed by atoms with Gasteiger partial charge in [0, 0.05) is 26.9 Å². The van der Waals surface area contributed by atoms with Crippen LogP contribution in [0.5, 0.6) is 0 Å². The van der Waals surface area contributed by atoms with Crippen molar-refractivity contribution in [2.24, 2.45) is 0 Å². The molecule has 0 N–H and O–H groups in total. The van der Waals surface area contributed by atoms with Crippen LogP contribution < -0.4 is 4.90 Å². The molecule has 0 aliphatic heterocycles. The normalized spacial score (nSPS) is 11.8. The average molecular weight is 678 g/mol. The van der Waals surface area contributed by atoms with Crippen molar-refractivity contribution in [3.63, 3.8) is 0 Å². The Morgan fingerprint density at radius 2 is 0.830 bits per heavy atom. The van der Waals surface area contributed by atoms with Gasteiger partial charge in [0.15, 0.2) is 11.2 Å². The van der Waals surface area contributed by atoms with Gasteiger partial charge in [-0.3, -0.25) is 0 Å². The molecular formula is C50H31NO2. The lowest BCUT2D eigenvalue weighted by molar-refractivity contribution is 0.666. The minimum absolute atomic E-state index is 0.824. The van der Waals surface area contributed by atoms with Crippen LogP contribution in [-0.4, -0.2) is 0 Å². The lowest BCUT2D eigenvalue weighted by atomic mass is 9.98. The molecule has 11 rings (SSSR count). The summed E-state index contributed by atoms with van der Waals surface area (Å²) in [4.78, 5) is 2.35. The number of benzene rings is 9. The van der Waals surface area contributed by atoms with Crippen molar-refractivity contribution in [3.8, 4) is 22.3 Å². The molecule has 0 bridgehead atoms. The Bertz CT molecular complexity index is 3160. The first-order valence-corrected chi connectivity index (χ1v) is 18.0. The van der Waals surface area contributed by atoms with E-state index in [9.17, 15) is 0 Å². The van der Waals surface area contributed by atoms with Crippen molar-refractivity contribution in [3.05, 3.63) is 188 Å².